The van der Waals surface area contributed by atoms with E-state index in [0.717, 1.165) is 16.8 Å². The fourth-order valence-electron chi connectivity index (χ4n) is 4.26. The number of nitrogens with one attached hydrogen (secondary N) is 2. The van der Waals surface area contributed by atoms with Crippen LogP contribution in [0.1, 0.15) is 36.2 Å². The molecule has 0 aliphatic carbocycles. The molecule has 0 saturated carbocycles. The molecule has 9 heteroatoms. The molecule has 2 N–H and O–H groups in total. The largest absolute Gasteiger partial charge is 0.360 e. The number of benzene rings is 2. The predicted octanol–water partition coefficient (Wildman–Crippen LogP) is 5.63. The van der Waals surface area contributed by atoms with Crippen LogP contribution in [0.25, 0.3) is 27.6 Å². The highest BCUT2D eigenvalue weighted by Gasteiger charge is 2.23. The number of halogens is 2. The number of nitrogens with zero attached hydrogens (tertiary/aromatic N) is 4. The van der Waals surface area contributed by atoms with Crippen LogP contribution in [0.15, 0.2) is 53.8 Å². The highest BCUT2D eigenvalue weighted by atomic mass is 35.5. The van der Waals surface area contributed by atoms with Crippen LogP contribution in [0.4, 0.5) is 10.2 Å². The van der Waals surface area contributed by atoms with Crippen LogP contribution in [-0.4, -0.2) is 24.5 Å². The Labute approximate surface area is 199 Å². The van der Waals surface area contributed by atoms with Gasteiger partial charge in [0.2, 0.25) is 0 Å². The van der Waals surface area contributed by atoms with Gasteiger partial charge in [-0.3, -0.25) is 9.36 Å². The minimum Gasteiger partial charge on any atom is -0.360 e. The van der Waals surface area contributed by atoms with Gasteiger partial charge in [-0.1, -0.05) is 36.7 Å². The van der Waals surface area contributed by atoms with Crippen molar-refractivity contribution in [1.29, 1.82) is 0 Å². The van der Waals surface area contributed by atoms with Gasteiger partial charge in [0.05, 0.1) is 28.5 Å². The highest BCUT2D eigenvalue weighted by molar-refractivity contribution is 6.35. The van der Waals surface area contributed by atoms with Gasteiger partial charge in [0.1, 0.15) is 17.7 Å². The minimum absolute atomic E-state index is 0.152. The fourth-order valence-corrected chi connectivity index (χ4v) is 4.52. The zero-order valence-electron chi connectivity index (χ0n) is 18.9. The summed E-state index contributed by atoms with van der Waals surface area (Å²) >= 11 is 6.28. The number of aryl methyl sites for hydroxylation is 1. The van der Waals surface area contributed by atoms with Crippen molar-refractivity contribution in [2.45, 2.75) is 33.2 Å². The standard InChI is InChI=1S/C25H22ClFN6O/c1-4-17(32-24-22-23(29-11-28-22)30-12-31-24)19-10-15-8-9-16(27)21(26)20(15)25(34)33(19)18-7-5-6-13(2)14(18)3/h5-12,17H,4H2,1-3H3,(H2,28,29,30,31,32)/t17-/m0/s1. The van der Waals surface area contributed by atoms with E-state index < -0.39 is 5.82 Å². The van der Waals surface area contributed by atoms with E-state index >= 15 is 0 Å². The third kappa shape index (κ3) is 3.51. The molecule has 0 aliphatic rings. The summed E-state index contributed by atoms with van der Waals surface area (Å²) in [6, 6.07) is 10.2. The average Bonchev–Trinajstić information content (AvgIpc) is 3.31. The summed E-state index contributed by atoms with van der Waals surface area (Å²) in [6.07, 6.45) is 3.65. The smallest absolute Gasteiger partial charge is 0.264 e. The van der Waals surface area contributed by atoms with Crippen molar-refractivity contribution in [3.8, 4) is 5.69 Å². The second kappa shape index (κ2) is 8.53. The van der Waals surface area contributed by atoms with Crippen molar-refractivity contribution in [2.24, 2.45) is 0 Å². The molecular weight excluding hydrogens is 455 g/mol. The molecule has 5 rings (SSSR count). The summed E-state index contributed by atoms with van der Waals surface area (Å²) in [5.74, 6) is -0.0501. The van der Waals surface area contributed by atoms with Gasteiger partial charge in [-0.25, -0.2) is 19.3 Å². The number of rotatable bonds is 5. The second-order valence-corrected chi connectivity index (χ2v) is 8.56. The molecule has 34 heavy (non-hydrogen) atoms. The summed E-state index contributed by atoms with van der Waals surface area (Å²) in [5.41, 5.74) is 4.26. The normalized spacial score (nSPS) is 12.4. The van der Waals surface area contributed by atoms with E-state index in [1.807, 2.05) is 45.0 Å². The van der Waals surface area contributed by atoms with Crippen LogP contribution in [0.5, 0.6) is 0 Å². The molecule has 0 saturated heterocycles. The first-order chi connectivity index (χ1) is 16.4. The lowest BCUT2D eigenvalue weighted by Crippen LogP contribution is -2.27. The molecule has 3 heterocycles. The molecule has 0 bridgehead atoms. The number of H-pyrrole nitrogens is 1. The van der Waals surface area contributed by atoms with Gasteiger partial charge in [0.25, 0.3) is 5.56 Å². The van der Waals surface area contributed by atoms with Crippen LogP contribution in [-0.2, 0) is 0 Å². The van der Waals surface area contributed by atoms with Gasteiger partial charge in [-0.15, -0.1) is 0 Å². The zero-order valence-corrected chi connectivity index (χ0v) is 19.6. The van der Waals surface area contributed by atoms with Gasteiger partial charge in [-0.2, -0.15) is 0 Å². The Balaban J connectivity index is 1.79. The predicted molar refractivity (Wildman–Crippen MR) is 132 cm³/mol. The average molecular weight is 477 g/mol. The lowest BCUT2D eigenvalue weighted by Gasteiger charge is -2.25. The van der Waals surface area contributed by atoms with E-state index in [2.05, 4.69) is 25.3 Å². The molecule has 0 spiro atoms. The second-order valence-electron chi connectivity index (χ2n) is 8.18. The first-order valence-electron chi connectivity index (χ1n) is 10.9. The van der Waals surface area contributed by atoms with Crippen molar-refractivity contribution >= 4 is 39.4 Å². The van der Waals surface area contributed by atoms with Crippen molar-refractivity contribution < 1.29 is 4.39 Å². The molecule has 5 aromatic rings. The Morgan fingerprint density at radius 1 is 1.18 bits per heavy atom. The SMILES string of the molecule is CC[C@H](Nc1ncnc2nc[nH]c12)c1cc2ccc(F)c(Cl)c2c(=O)n1-c1cccc(C)c1C. The van der Waals surface area contributed by atoms with Gasteiger partial charge in [0, 0.05) is 5.69 Å². The number of fused-ring (bicyclic) bond motifs is 2. The van der Waals surface area contributed by atoms with Crippen molar-refractivity contribution in [3.05, 3.63) is 87.1 Å². The van der Waals surface area contributed by atoms with E-state index in [0.29, 0.717) is 34.5 Å². The molecular formula is C25H22ClFN6O. The van der Waals surface area contributed by atoms with Crippen LogP contribution in [0, 0.1) is 19.7 Å². The molecule has 0 amide bonds. The Bertz CT molecular complexity index is 1610. The number of anilines is 1. The molecule has 0 fully saturated rings. The molecule has 2 aromatic carbocycles. The van der Waals surface area contributed by atoms with E-state index in [4.69, 9.17) is 11.6 Å². The van der Waals surface area contributed by atoms with E-state index in [9.17, 15) is 9.18 Å². The maximum absolute atomic E-state index is 14.3. The topological polar surface area (TPSA) is 88.5 Å². The summed E-state index contributed by atoms with van der Waals surface area (Å²) in [6.45, 7) is 5.97. The summed E-state index contributed by atoms with van der Waals surface area (Å²) in [4.78, 5) is 29.7. The summed E-state index contributed by atoms with van der Waals surface area (Å²) < 4.78 is 15.9. The molecule has 7 nitrogen and oxygen atoms in total. The van der Waals surface area contributed by atoms with Gasteiger partial charge >= 0.3 is 0 Å². The van der Waals surface area contributed by atoms with Crippen molar-refractivity contribution in [3.63, 3.8) is 0 Å². The third-order valence-corrected chi connectivity index (χ3v) is 6.59. The molecule has 1 atom stereocenters. The summed E-state index contributed by atoms with van der Waals surface area (Å²) in [7, 11) is 0. The summed E-state index contributed by atoms with van der Waals surface area (Å²) in [5, 5.41) is 3.99. The third-order valence-electron chi connectivity index (χ3n) is 6.22. The number of pyridine rings is 1. The van der Waals surface area contributed by atoms with Crippen LogP contribution >= 0.6 is 11.6 Å². The zero-order chi connectivity index (χ0) is 24.0. The Hall–Kier alpha value is -3.78. The Morgan fingerprint density at radius 2 is 2.00 bits per heavy atom. The van der Waals surface area contributed by atoms with Crippen LogP contribution in [0.3, 0.4) is 0 Å². The Kier molecular flexibility index (Phi) is 5.53. The first-order valence-corrected chi connectivity index (χ1v) is 11.3. The number of aromatic nitrogens is 5. The maximum Gasteiger partial charge on any atom is 0.264 e. The number of imidazole rings is 1. The van der Waals surface area contributed by atoms with Crippen molar-refractivity contribution in [1.82, 2.24) is 24.5 Å². The van der Waals surface area contributed by atoms with Gasteiger partial charge < -0.3 is 10.3 Å². The van der Waals surface area contributed by atoms with Crippen LogP contribution in [0.2, 0.25) is 5.02 Å². The lowest BCUT2D eigenvalue weighted by molar-refractivity contribution is 0.629. The number of aromatic amines is 1. The molecule has 172 valence electrons. The maximum atomic E-state index is 14.3. The molecule has 0 radical (unpaired) electrons. The molecule has 3 aromatic heterocycles. The minimum atomic E-state index is -0.626. The first kappa shape index (κ1) is 22.0. The quantitative estimate of drug-likeness (QED) is 0.343. The Morgan fingerprint density at radius 3 is 2.79 bits per heavy atom. The van der Waals surface area contributed by atoms with Gasteiger partial charge in [-0.05, 0) is 55.0 Å². The van der Waals surface area contributed by atoms with Gasteiger partial charge in [0.15, 0.2) is 11.5 Å². The van der Waals surface area contributed by atoms with Crippen molar-refractivity contribution in [2.75, 3.05) is 5.32 Å². The monoisotopic (exact) mass is 476 g/mol. The molecule has 0 aliphatic heterocycles. The van der Waals surface area contributed by atoms with E-state index in [1.165, 1.54) is 12.4 Å². The molecule has 0 unspecified atom stereocenters. The van der Waals surface area contributed by atoms with E-state index in [1.54, 1.807) is 17.0 Å². The fraction of sp³-hybridized carbons (Fsp3) is 0.200. The number of hydrogen-bond donors (Lipinski definition) is 2. The van der Waals surface area contributed by atoms with E-state index in [-0.39, 0.29) is 22.0 Å². The number of hydrogen-bond acceptors (Lipinski definition) is 5. The lowest BCUT2D eigenvalue weighted by atomic mass is 10.0. The van der Waals surface area contributed by atoms with Crippen LogP contribution < -0.4 is 10.9 Å². The highest BCUT2D eigenvalue weighted by Crippen LogP contribution is 2.31.